The number of nitrogens with zero attached hydrogens (tertiary/aromatic N) is 10. The fourth-order valence-corrected chi connectivity index (χ4v) is 3.59. The molecule has 0 aliphatic carbocycles. The van der Waals surface area contributed by atoms with Crippen molar-refractivity contribution < 1.29 is 4.79 Å². The molecule has 0 saturated carbocycles. The van der Waals surface area contributed by atoms with Crippen molar-refractivity contribution in [3.63, 3.8) is 0 Å². The Bertz CT molecular complexity index is 1250. The van der Waals surface area contributed by atoms with Crippen molar-refractivity contribution in [3.05, 3.63) is 65.4 Å². The van der Waals surface area contributed by atoms with Gasteiger partial charge in [-0.15, -0.1) is 5.10 Å². The first kappa shape index (κ1) is 20.6. The molecule has 1 fully saturated rings. The third kappa shape index (κ3) is 4.13. The van der Waals surface area contributed by atoms with Gasteiger partial charge in [0, 0.05) is 45.2 Å². The second kappa shape index (κ2) is 9.02. The monoisotopic (exact) mass is 426 g/mol. The van der Waals surface area contributed by atoms with Gasteiger partial charge in [-0.3, -0.25) is 4.79 Å². The summed E-state index contributed by atoms with van der Waals surface area (Å²) in [6.07, 6.45) is 6.16. The van der Waals surface area contributed by atoms with E-state index in [-0.39, 0.29) is 11.6 Å². The quantitative estimate of drug-likeness (QED) is 0.555. The molecule has 0 spiro atoms. The number of anilines is 1. The standard InChI is InChI=1S/C21H18N10O/c1-29-21(26-27-28-29)18-14-30(20-17(13-23)24-7-8-25-20)9-10-31(18)19(32)6-5-15-3-2-4-16(11-15)12-22/h2-8,11,18H,9-10,14H2,1H3. The van der Waals surface area contributed by atoms with E-state index in [1.165, 1.54) is 23.2 Å². The number of hydrogen-bond acceptors (Lipinski definition) is 9. The summed E-state index contributed by atoms with van der Waals surface area (Å²) < 4.78 is 1.52. The molecule has 158 valence electrons. The van der Waals surface area contributed by atoms with Crippen LogP contribution in [0.25, 0.3) is 6.08 Å². The highest BCUT2D eigenvalue weighted by Gasteiger charge is 2.35. The van der Waals surface area contributed by atoms with E-state index < -0.39 is 6.04 Å². The fourth-order valence-electron chi connectivity index (χ4n) is 3.59. The maximum Gasteiger partial charge on any atom is 0.247 e. The minimum Gasteiger partial charge on any atom is -0.350 e. The van der Waals surface area contributed by atoms with E-state index in [1.54, 1.807) is 36.2 Å². The van der Waals surface area contributed by atoms with Gasteiger partial charge >= 0.3 is 0 Å². The van der Waals surface area contributed by atoms with Crippen molar-refractivity contribution in [1.82, 2.24) is 35.1 Å². The van der Waals surface area contributed by atoms with Crippen molar-refractivity contribution in [1.29, 1.82) is 10.5 Å². The number of aromatic nitrogens is 6. The summed E-state index contributed by atoms with van der Waals surface area (Å²) in [5.41, 5.74) is 1.50. The lowest BCUT2D eigenvalue weighted by atomic mass is 10.1. The summed E-state index contributed by atoms with van der Waals surface area (Å²) in [5.74, 6) is 0.774. The number of hydrogen-bond donors (Lipinski definition) is 0. The molecule has 11 heteroatoms. The van der Waals surface area contributed by atoms with E-state index in [0.717, 1.165) is 5.56 Å². The summed E-state index contributed by atoms with van der Waals surface area (Å²) >= 11 is 0. The third-order valence-corrected chi connectivity index (χ3v) is 5.13. The van der Waals surface area contributed by atoms with Crippen LogP contribution in [-0.2, 0) is 11.8 Å². The highest BCUT2D eigenvalue weighted by molar-refractivity contribution is 5.92. The summed E-state index contributed by atoms with van der Waals surface area (Å²) in [6, 6.07) is 10.7. The Kier molecular flexibility index (Phi) is 5.81. The maximum absolute atomic E-state index is 13.1. The molecule has 4 rings (SSSR count). The number of carbonyl (C=O) groups excluding carboxylic acids is 1. The lowest BCUT2D eigenvalue weighted by Gasteiger charge is -2.40. The fraction of sp³-hybridized carbons (Fsp3) is 0.238. The van der Waals surface area contributed by atoms with Crippen LogP contribution in [0.4, 0.5) is 5.82 Å². The number of aryl methyl sites for hydroxylation is 1. The largest absolute Gasteiger partial charge is 0.350 e. The van der Waals surface area contributed by atoms with Crippen LogP contribution in [-0.4, -0.2) is 60.6 Å². The molecule has 2 aromatic heterocycles. The number of amides is 1. The molecule has 1 saturated heterocycles. The van der Waals surface area contributed by atoms with Crippen LogP contribution in [0.2, 0.25) is 0 Å². The number of carbonyl (C=O) groups is 1. The predicted molar refractivity (Wildman–Crippen MR) is 112 cm³/mol. The van der Waals surface area contributed by atoms with Crippen LogP contribution in [0.1, 0.15) is 28.7 Å². The van der Waals surface area contributed by atoms with Gasteiger partial charge in [-0.2, -0.15) is 10.5 Å². The Morgan fingerprint density at radius 2 is 2.03 bits per heavy atom. The average molecular weight is 426 g/mol. The van der Waals surface area contributed by atoms with Gasteiger partial charge in [-0.25, -0.2) is 14.6 Å². The molecule has 1 atom stereocenters. The molecule has 11 nitrogen and oxygen atoms in total. The Hall–Kier alpha value is -4.64. The number of benzene rings is 1. The van der Waals surface area contributed by atoms with Gasteiger partial charge in [-0.05, 0) is 34.2 Å². The second-order valence-corrected chi connectivity index (χ2v) is 7.07. The summed E-state index contributed by atoms with van der Waals surface area (Å²) in [7, 11) is 1.71. The number of piperazine rings is 1. The molecule has 1 aromatic carbocycles. The normalized spacial score (nSPS) is 16.0. The van der Waals surface area contributed by atoms with Crippen molar-refractivity contribution in [2.75, 3.05) is 24.5 Å². The SMILES string of the molecule is Cn1nnnc1C1CN(c2nccnc2C#N)CCN1C(=O)C=Cc1cccc(C#N)c1. The van der Waals surface area contributed by atoms with Crippen molar-refractivity contribution in [3.8, 4) is 12.1 Å². The van der Waals surface area contributed by atoms with E-state index in [4.69, 9.17) is 5.26 Å². The Labute approximate surface area is 183 Å². The molecular weight excluding hydrogens is 408 g/mol. The highest BCUT2D eigenvalue weighted by Crippen LogP contribution is 2.27. The van der Waals surface area contributed by atoms with E-state index >= 15 is 0 Å². The molecule has 1 amide bonds. The maximum atomic E-state index is 13.1. The molecule has 3 heterocycles. The van der Waals surface area contributed by atoms with Gasteiger partial charge in [0.1, 0.15) is 12.1 Å². The zero-order valence-corrected chi connectivity index (χ0v) is 17.2. The third-order valence-electron chi connectivity index (χ3n) is 5.13. The zero-order chi connectivity index (χ0) is 22.5. The van der Waals surface area contributed by atoms with Crippen LogP contribution in [0.3, 0.4) is 0 Å². The van der Waals surface area contributed by atoms with Crippen molar-refractivity contribution >= 4 is 17.8 Å². The molecule has 3 aromatic rings. The molecule has 32 heavy (non-hydrogen) atoms. The first-order valence-corrected chi connectivity index (χ1v) is 9.78. The first-order valence-electron chi connectivity index (χ1n) is 9.78. The molecule has 0 bridgehead atoms. The zero-order valence-electron chi connectivity index (χ0n) is 17.2. The lowest BCUT2D eigenvalue weighted by Crippen LogP contribution is -2.51. The Balaban J connectivity index is 1.61. The van der Waals surface area contributed by atoms with E-state index in [1.807, 2.05) is 11.0 Å². The predicted octanol–water partition coefficient (Wildman–Crippen LogP) is 0.847. The number of nitriles is 2. The molecule has 1 unspecified atom stereocenters. The molecular formula is C21H18N10O. The van der Waals surface area contributed by atoms with Crippen LogP contribution >= 0.6 is 0 Å². The summed E-state index contributed by atoms with van der Waals surface area (Å²) in [5, 5.41) is 30.2. The van der Waals surface area contributed by atoms with E-state index in [2.05, 4.69) is 37.6 Å². The van der Waals surface area contributed by atoms with Gasteiger partial charge in [0.15, 0.2) is 17.3 Å². The minimum absolute atomic E-state index is 0.209. The van der Waals surface area contributed by atoms with Gasteiger partial charge in [0.25, 0.3) is 0 Å². The summed E-state index contributed by atoms with van der Waals surface area (Å²) in [6.45, 7) is 1.20. The van der Waals surface area contributed by atoms with Crippen LogP contribution in [0.15, 0.2) is 42.7 Å². The second-order valence-electron chi connectivity index (χ2n) is 7.07. The van der Waals surface area contributed by atoms with E-state index in [0.29, 0.717) is 36.8 Å². The summed E-state index contributed by atoms with van der Waals surface area (Å²) in [4.78, 5) is 25.1. The van der Waals surface area contributed by atoms with Crippen LogP contribution < -0.4 is 4.90 Å². The lowest BCUT2D eigenvalue weighted by molar-refractivity contribution is -0.129. The van der Waals surface area contributed by atoms with Crippen LogP contribution in [0, 0.1) is 22.7 Å². The van der Waals surface area contributed by atoms with E-state index in [9.17, 15) is 10.1 Å². The molecule has 0 N–H and O–H groups in total. The van der Waals surface area contributed by atoms with Gasteiger partial charge in [0.2, 0.25) is 5.91 Å². The Morgan fingerprint density at radius 1 is 1.19 bits per heavy atom. The number of rotatable bonds is 4. The first-order chi connectivity index (χ1) is 15.6. The van der Waals surface area contributed by atoms with Crippen molar-refractivity contribution in [2.45, 2.75) is 6.04 Å². The van der Waals surface area contributed by atoms with Crippen molar-refractivity contribution in [2.24, 2.45) is 7.05 Å². The Morgan fingerprint density at radius 3 is 2.78 bits per heavy atom. The average Bonchev–Trinajstić information content (AvgIpc) is 3.27. The van der Waals surface area contributed by atoms with Gasteiger partial charge in [0.05, 0.1) is 11.6 Å². The molecule has 0 radical (unpaired) electrons. The topological polar surface area (TPSA) is 141 Å². The minimum atomic E-state index is -0.458. The van der Waals surface area contributed by atoms with Gasteiger partial charge in [-0.1, -0.05) is 12.1 Å². The molecule has 1 aliphatic heterocycles. The van der Waals surface area contributed by atoms with Gasteiger partial charge < -0.3 is 9.80 Å². The highest BCUT2D eigenvalue weighted by atomic mass is 16.2. The van der Waals surface area contributed by atoms with Crippen LogP contribution in [0.5, 0.6) is 0 Å². The molecule has 1 aliphatic rings. The smallest absolute Gasteiger partial charge is 0.247 e. The number of tetrazole rings is 1.